The normalized spacial score (nSPS) is 23.4. The van der Waals surface area contributed by atoms with Crippen LogP contribution in [0.3, 0.4) is 0 Å². The number of hydrogen-bond acceptors (Lipinski definition) is 2. The number of rotatable bonds is 2. The number of nitrogens with zero attached hydrogens (tertiary/aromatic N) is 2. The van der Waals surface area contributed by atoms with E-state index in [1.807, 2.05) is 0 Å². The van der Waals surface area contributed by atoms with Gasteiger partial charge in [-0.3, -0.25) is 4.98 Å². The summed E-state index contributed by atoms with van der Waals surface area (Å²) in [6, 6.07) is 10.7. The van der Waals surface area contributed by atoms with Crippen LogP contribution in [-0.2, 0) is 12.5 Å². The van der Waals surface area contributed by atoms with Crippen LogP contribution in [-0.4, -0.2) is 4.98 Å². The molecule has 170 valence electrons. The van der Waals surface area contributed by atoms with Crippen molar-refractivity contribution < 1.29 is 30.9 Å². The Bertz CT molecular complexity index is 2170. The molecule has 0 fully saturated rings. The van der Waals surface area contributed by atoms with Crippen LogP contribution in [0.1, 0.15) is 83.2 Å². The van der Waals surface area contributed by atoms with E-state index in [0.29, 0.717) is 21.9 Å². The third-order valence-corrected chi connectivity index (χ3v) is 6.65. The van der Waals surface area contributed by atoms with Crippen molar-refractivity contribution in [2.75, 3.05) is 0 Å². The number of aryl methyl sites for hydroxylation is 3. The lowest BCUT2D eigenvalue weighted by atomic mass is 9.85. The molecule has 2 aromatic carbocycles. The third kappa shape index (κ3) is 2.70. The molecule has 0 aliphatic heterocycles. The Kier molecular flexibility index (Phi) is 2.07. The molecule has 0 bridgehead atoms. The van der Waals surface area contributed by atoms with Crippen LogP contribution in [0, 0.1) is 13.8 Å². The number of fused-ring (bicyclic) bond motifs is 7. The lowest BCUT2D eigenvalue weighted by Crippen LogP contribution is -2.32. The maximum absolute atomic E-state index is 8.90. The lowest BCUT2D eigenvalue weighted by Gasteiger charge is -2.19. The van der Waals surface area contributed by atoms with Gasteiger partial charge in [-0.1, -0.05) is 57.7 Å². The minimum Gasteiger partial charge on any atom is -0.454 e. The van der Waals surface area contributed by atoms with Gasteiger partial charge in [0.15, 0.2) is 6.20 Å². The second kappa shape index (κ2) is 7.02. The first-order chi connectivity index (χ1) is 22.7. The Labute approximate surface area is 223 Å². The summed E-state index contributed by atoms with van der Waals surface area (Å²) in [6.07, 6.45) is 2.43. The predicted molar refractivity (Wildman–Crippen MR) is 139 cm³/mol. The van der Waals surface area contributed by atoms with Crippen molar-refractivity contribution in [3.63, 3.8) is 0 Å². The van der Waals surface area contributed by atoms with Gasteiger partial charge in [0.1, 0.15) is 18.2 Å². The first-order valence-corrected chi connectivity index (χ1v) is 10.7. The van der Waals surface area contributed by atoms with Gasteiger partial charge in [0, 0.05) is 67.1 Å². The van der Waals surface area contributed by atoms with Crippen molar-refractivity contribution in [1.29, 1.82) is 0 Å². The molecule has 0 unspecified atom stereocenters. The van der Waals surface area contributed by atoms with E-state index in [1.54, 1.807) is 37.3 Å². The summed E-state index contributed by atoms with van der Waals surface area (Å²) in [5.74, 6) is -3.34. The van der Waals surface area contributed by atoms with E-state index in [4.69, 9.17) is 26.3 Å². The van der Waals surface area contributed by atoms with Gasteiger partial charge in [-0.05, 0) is 42.4 Å². The average Bonchev–Trinajstić information content (AvgIpc) is 3.48. The highest BCUT2D eigenvalue weighted by Crippen LogP contribution is 2.52. The standard InChI is InChI=1S/C31H31N2O/c1-17(2)23-15-25(33(7)16-19(23)4)26-18(3)10-11-20-21-12-13-24-27(29(21)34-28(20)26)22-9-8-14-32-30(22)31(24,5)6/h8-17H,1-7H3/q+1/i1D3,2D3,4D3,5D3,6D3,17D. The number of hydrogen-bond donors (Lipinski definition) is 0. The fourth-order valence-electron chi connectivity index (χ4n) is 5.04. The van der Waals surface area contributed by atoms with E-state index in [9.17, 15) is 0 Å². The van der Waals surface area contributed by atoms with Crippen LogP contribution in [0.15, 0.2) is 59.3 Å². The van der Waals surface area contributed by atoms with Crippen molar-refractivity contribution >= 4 is 21.9 Å². The highest BCUT2D eigenvalue weighted by Gasteiger charge is 2.39. The molecular formula is C31H31N2O+. The Morgan fingerprint density at radius 2 is 1.82 bits per heavy atom. The first-order valence-electron chi connectivity index (χ1n) is 18.7. The van der Waals surface area contributed by atoms with Gasteiger partial charge < -0.3 is 4.42 Å². The Morgan fingerprint density at radius 1 is 1.03 bits per heavy atom. The maximum Gasteiger partial charge on any atom is 0.216 e. The Balaban J connectivity index is 1.76. The van der Waals surface area contributed by atoms with Crippen molar-refractivity contribution in [1.82, 2.24) is 4.98 Å². The molecule has 0 amide bonds. The van der Waals surface area contributed by atoms with E-state index in [-0.39, 0.29) is 39.2 Å². The molecule has 1 aliphatic rings. The molecule has 0 saturated carbocycles. The Hall–Kier alpha value is -3.46. The second-order valence-corrected chi connectivity index (χ2v) is 8.72. The monoisotopic (exact) mass is 463 g/mol. The lowest BCUT2D eigenvalue weighted by molar-refractivity contribution is -0.660. The van der Waals surface area contributed by atoms with Gasteiger partial charge in [0.05, 0.1) is 11.3 Å². The zero-order valence-electron chi connectivity index (χ0n) is 34.5. The third-order valence-electron chi connectivity index (χ3n) is 6.65. The zero-order valence-corrected chi connectivity index (χ0v) is 18.5. The van der Waals surface area contributed by atoms with E-state index < -0.39 is 56.7 Å². The molecule has 3 aromatic heterocycles. The molecule has 0 radical (unpaired) electrons. The van der Waals surface area contributed by atoms with Crippen molar-refractivity contribution in [3.05, 3.63) is 82.8 Å². The highest BCUT2D eigenvalue weighted by molar-refractivity contribution is 6.14. The smallest absolute Gasteiger partial charge is 0.216 e. The molecule has 1 aliphatic carbocycles. The molecule has 0 saturated heterocycles. The minimum absolute atomic E-state index is 0.0137. The molecule has 5 aromatic rings. The number of pyridine rings is 2. The summed E-state index contributed by atoms with van der Waals surface area (Å²) in [5.41, 5.74) is -2.12. The van der Waals surface area contributed by atoms with Gasteiger partial charge in [-0.25, -0.2) is 4.57 Å². The van der Waals surface area contributed by atoms with Crippen molar-refractivity contribution in [2.45, 2.75) is 52.5 Å². The maximum atomic E-state index is 8.90. The molecule has 0 atom stereocenters. The van der Waals surface area contributed by atoms with Gasteiger partial charge >= 0.3 is 0 Å². The van der Waals surface area contributed by atoms with Crippen LogP contribution in [0.5, 0.6) is 0 Å². The average molecular weight is 464 g/mol. The quantitative estimate of drug-likeness (QED) is 0.253. The predicted octanol–water partition coefficient (Wildman–Crippen LogP) is 7.52. The summed E-state index contributed by atoms with van der Waals surface area (Å²) in [6.45, 7) is -14.4. The molecule has 34 heavy (non-hydrogen) atoms. The second-order valence-electron chi connectivity index (χ2n) is 8.72. The number of furan rings is 1. The summed E-state index contributed by atoms with van der Waals surface area (Å²) in [7, 11) is 1.49. The summed E-state index contributed by atoms with van der Waals surface area (Å²) in [4.78, 5) is 4.29. The highest BCUT2D eigenvalue weighted by atomic mass is 16.3. The molecule has 0 spiro atoms. The SMILES string of the molecule is [2H]C([2H])([2H])c1c[n+](C)c(-c2c(C)ccc3c2oc2c4c(ccc23)C(C([2H])([2H])[2H])(C([2H])([2H])[2H])c2ncccc2-4)cc1C([2H])(C([2H])([2H])[2H])C([2H])([2H])[2H]. The summed E-state index contributed by atoms with van der Waals surface area (Å²) < 4.78 is 141. The number of aromatic nitrogens is 2. The fourth-order valence-corrected chi connectivity index (χ4v) is 5.04. The minimum atomic E-state index is -3.48. The molecule has 6 rings (SSSR count). The van der Waals surface area contributed by atoms with Crippen molar-refractivity contribution in [3.8, 4) is 22.4 Å². The van der Waals surface area contributed by atoms with Gasteiger partial charge in [-0.2, -0.15) is 0 Å². The van der Waals surface area contributed by atoms with E-state index in [0.717, 1.165) is 12.3 Å². The van der Waals surface area contributed by atoms with Crippen molar-refractivity contribution in [2.24, 2.45) is 7.05 Å². The van der Waals surface area contributed by atoms with Crippen LogP contribution in [0.2, 0.25) is 0 Å². The molecular weight excluding hydrogens is 416 g/mol. The molecule has 3 heteroatoms. The van der Waals surface area contributed by atoms with E-state index in [2.05, 4.69) is 4.98 Å². The van der Waals surface area contributed by atoms with Gasteiger partial charge in [0.25, 0.3) is 0 Å². The molecule has 3 nitrogen and oxygen atoms in total. The van der Waals surface area contributed by atoms with Crippen LogP contribution in [0.25, 0.3) is 44.3 Å². The molecule has 0 N–H and O–H groups in total. The van der Waals surface area contributed by atoms with E-state index >= 15 is 0 Å². The van der Waals surface area contributed by atoms with E-state index in [1.165, 1.54) is 23.9 Å². The number of benzene rings is 2. The van der Waals surface area contributed by atoms with Crippen LogP contribution >= 0.6 is 0 Å². The van der Waals surface area contributed by atoms with Crippen LogP contribution < -0.4 is 4.57 Å². The zero-order chi connectivity index (χ0) is 37.4. The largest absolute Gasteiger partial charge is 0.454 e. The Morgan fingerprint density at radius 3 is 2.59 bits per heavy atom. The molecule has 3 heterocycles. The van der Waals surface area contributed by atoms with Gasteiger partial charge in [0.2, 0.25) is 5.69 Å². The topological polar surface area (TPSA) is 29.9 Å². The summed E-state index contributed by atoms with van der Waals surface area (Å²) >= 11 is 0. The van der Waals surface area contributed by atoms with Crippen LogP contribution in [0.4, 0.5) is 0 Å². The first kappa shape index (κ1) is 10.0. The summed E-state index contributed by atoms with van der Waals surface area (Å²) in [5, 5.41) is 0.989. The fraction of sp³-hybridized carbons (Fsp3) is 0.290. The van der Waals surface area contributed by atoms with Gasteiger partial charge in [-0.15, -0.1) is 0 Å².